The molecule has 0 aliphatic rings. The minimum atomic E-state index is -8.68. The molecule has 6 unspecified atom stereocenters. The first-order valence-corrected chi connectivity index (χ1v) is 13.5. The Morgan fingerprint density at radius 1 is 0.262 bits per heavy atom. The quantitative estimate of drug-likeness (QED) is 0.121. The van der Waals surface area contributed by atoms with Crippen LogP contribution in [-0.4, -0.2) is 135 Å². The van der Waals surface area contributed by atoms with Crippen LogP contribution < -0.4 is 0 Å². The van der Waals surface area contributed by atoms with E-state index in [2.05, 4.69) is 14.0 Å². The van der Waals surface area contributed by atoms with Gasteiger partial charge in [0.2, 0.25) is 35.5 Å². The standard InChI is InChI=1S/C21H9BF36O3/c23-4(10(29,30)31)7(26,13(38,16(41,42)43)17(44,45)46)1-59-22(60-2-8(27,5(24)11(32,33)34)14(39,18(47,48)49)19(50,51)52)61-3-9(28,6(25)12(35,36)37)15(40,20(53,54)55)21(56,57)58/h4-6H,1-3H2. The van der Waals surface area contributed by atoms with Crippen LogP contribution in [0.5, 0.6) is 0 Å². The van der Waals surface area contributed by atoms with Gasteiger partial charge in [0.15, 0.2) is 0 Å². The van der Waals surface area contributed by atoms with Crippen LogP contribution in [0, 0.1) is 0 Å². The van der Waals surface area contributed by atoms with Gasteiger partial charge < -0.3 is 14.0 Å². The lowest BCUT2D eigenvalue weighted by molar-refractivity contribution is -0.398. The molecule has 3 nitrogen and oxygen atoms in total. The fraction of sp³-hybridized carbons (Fsp3) is 1.00. The largest absolute Gasteiger partial charge is 0.639 e. The van der Waals surface area contributed by atoms with Gasteiger partial charge in [0, 0.05) is 0 Å². The van der Waals surface area contributed by atoms with Gasteiger partial charge >= 0.3 is 79.9 Å². The van der Waals surface area contributed by atoms with Crippen LogP contribution in [0.25, 0.3) is 0 Å². The molecule has 0 heterocycles. The monoisotopic (exact) mass is 1000 g/mol. The summed E-state index contributed by atoms with van der Waals surface area (Å²) < 4.78 is 493. The summed E-state index contributed by atoms with van der Waals surface area (Å²) in [5.41, 5.74) is -50.1. The van der Waals surface area contributed by atoms with E-state index in [9.17, 15) is 145 Å². The van der Waals surface area contributed by atoms with Crippen molar-refractivity contribution in [3.63, 3.8) is 0 Å². The molecule has 0 spiro atoms. The van der Waals surface area contributed by atoms with Gasteiger partial charge in [0.05, 0.1) is 19.8 Å². The Morgan fingerprint density at radius 2 is 0.393 bits per heavy atom. The van der Waals surface area contributed by atoms with Crippen molar-refractivity contribution in [1.29, 1.82) is 0 Å². The van der Waals surface area contributed by atoms with E-state index in [1.54, 1.807) is 0 Å². The summed E-state index contributed by atoms with van der Waals surface area (Å²) in [5.74, 6) is 0. The molecule has 0 aromatic rings. The Labute approximate surface area is 308 Å². The first-order chi connectivity index (χ1) is 26.0. The van der Waals surface area contributed by atoms with E-state index < -0.39 is 135 Å². The van der Waals surface area contributed by atoms with E-state index in [-0.39, 0.29) is 0 Å². The Morgan fingerprint density at radius 3 is 0.492 bits per heavy atom. The number of hydrogen-bond acceptors (Lipinski definition) is 3. The zero-order valence-corrected chi connectivity index (χ0v) is 26.8. The van der Waals surface area contributed by atoms with Gasteiger partial charge in [-0.25, -0.2) is 39.5 Å². The van der Waals surface area contributed by atoms with Crippen LogP contribution in [-0.2, 0) is 14.0 Å². The molecule has 0 saturated carbocycles. The molecule has 366 valence electrons. The molecular formula is C21H9BF36O3. The summed E-state index contributed by atoms with van der Waals surface area (Å²) in [4.78, 5) is 0. The number of hydrogen-bond donors (Lipinski definition) is 0. The van der Waals surface area contributed by atoms with Gasteiger partial charge in [-0.05, 0) is 0 Å². The van der Waals surface area contributed by atoms with Crippen LogP contribution >= 0.6 is 0 Å². The third kappa shape index (κ3) is 10.1. The molecule has 0 aromatic carbocycles. The molecule has 0 aromatic heterocycles. The van der Waals surface area contributed by atoms with E-state index in [1.165, 1.54) is 0 Å². The average molecular weight is 1000 g/mol. The van der Waals surface area contributed by atoms with Crippen LogP contribution in [0.1, 0.15) is 0 Å². The predicted octanol–water partition coefficient (Wildman–Crippen LogP) is 11.3. The average Bonchev–Trinajstić information content (AvgIpc) is 3.00. The van der Waals surface area contributed by atoms with E-state index >= 15 is 13.2 Å². The molecule has 40 heteroatoms. The predicted molar refractivity (Wildman–Crippen MR) is 116 cm³/mol. The summed E-state index contributed by atoms with van der Waals surface area (Å²) in [5, 5.41) is 0. The van der Waals surface area contributed by atoms with Crippen molar-refractivity contribution in [2.24, 2.45) is 0 Å². The topological polar surface area (TPSA) is 27.7 Å². The lowest BCUT2D eigenvalue weighted by Crippen LogP contribution is -2.74. The maximum atomic E-state index is 15.2. The number of alkyl halides is 36. The maximum Gasteiger partial charge on any atom is 0.639 e. The molecular weight excluding hydrogens is 995 g/mol. The minimum Gasteiger partial charge on any atom is -0.382 e. The van der Waals surface area contributed by atoms with Crippen LogP contribution in [0.2, 0.25) is 0 Å². The highest BCUT2D eigenvalue weighted by Gasteiger charge is 2.90. The van der Waals surface area contributed by atoms with Gasteiger partial charge in [-0.2, -0.15) is 119 Å². The summed E-state index contributed by atoms with van der Waals surface area (Å²) in [6.07, 6.45) is -95.3. The number of halogens is 36. The second-order valence-corrected chi connectivity index (χ2v) is 11.5. The van der Waals surface area contributed by atoms with Crippen LogP contribution in [0.3, 0.4) is 0 Å². The summed E-state index contributed by atoms with van der Waals surface area (Å²) in [7, 11) is -5.89. The van der Waals surface area contributed by atoms with Crippen molar-refractivity contribution < 1.29 is 172 Å². The smallest absolute Gasteiger partial charge is 0.382 e. The summed E-state index contributed by atoms with van der Waals surface area (Å²) in [6, 6.07) is 0. The van der Waals surface area contributed by atoms with Crippen LogP contribution in [0.15, 0.2) is 0 Å². The van der Waals surface area contributed by atoms with Crippen molar-refractivity contribution in [3.05, 3.63) is 0 Å². The van der Waals surface area contributed by atoms with E-state index in [4.69, 9.17) is 0 Å². The second-order valence-electron chi connectivity index (χ2n) is 11.5. The molecule has 0 saturated heterocycles. The van der Waals surface area contributed by atoms with Crippen molar-refractivity contribution in [1.82, 2.24) is 0 Å². The zero-order chi connectivity index (χ0) is 50.1. The van der Waals surface area contributed by atoms with Crippen molar-refractivity contribution in [2.75, 3.05) is 19.8 Å². The van der Waals surface area contributed by atoms with Gasteiger partial charge in [0.25, 0.3) is 0 Å². The van der Waals surface area contributed by atoms with E-state index in [0.717, 1.165) is 0 Å². The highest BCUT2D eigenvalue weighted by atomic mass is 19.5. The van der Waals surface area contributed by atoms with Crippen molar-refractivity contribution >= 4 is 7.32 Å². The Balaban J connectivity index is 8.51. The van der Waals surface area contributed by atoms with E-state index in [1.807, 2.05) is 0 Å². The first kappa shape index (κ1) is 58.4. The second kappa shape index (κ2) is 16.4. The molecule has 0 rings (SSSR count). The lowest BCUT2D eigenvalue weighted by Gasteiger charge is -2.44. The van der Waals surface area contributed by atoms with Crippen molar-refractivity contribution in [3.8, 4) is 0 Å². The zero-order valence-electron chi connectivity index (χ0n) is 26.8. The highest BCUT2D eigenvalue weighted by molar-refractivity contribution is 6.36. The molecule has 0 aliphatic carbocycles. The van der Waals surface area contributed by atoms with Crippen LogP contribution in [0.4, 0.5) is 158 Å². The molecule has 0 aliphatic heterocycles. The number of rotatable bonds is 15. The van der Waals surface area contributed by atoms with Crippen molar-refractivity contribution in [2.45, 2.75) is 108 Å². The molecule has 6 atom stereocenters. The first-order valence-electron chi connectivity index (χ1n) is 13.5. The fourth-order valence-corrected chi connectivity index (χ4v) is 4.43. The minimum absolute atomic E-state index is 2.64. The summed E-state index contributed by atoms with van der Waals surface area (Å²) >= 11 is 0. The van der Waals surface area contributed by atoms with Gasteiger partial charge in [-0.15, -0.1) is 0 Å². The molecule has 0 N–H and O–H groups in total. The molecule has 0 bridgehead atoms. The molecule has 61 heavy (non-hydrogen) atoms. The lowest BCUT2D eigenvalue weighted by atomic mass is 9.80. The van der Waals surface area contributed by atoms with Gasteiger partial charge in [-0.1, -0.05) is 0 Å². The van der Waals surface area contributed by atoms with E-state index in [0.29, 0.717) is 0 Å². The molecule has 0 amide bonds. The third-order valence-electron chi connectivity index (χ3n) is 7.42. The Bertz CT molecular complexity index is 1230. The maximum absolute atomic E-state index is 15.2. The molecule has 0 radical (unpaired) electrons. The Kier molecular flexibility index (Phi) is 15.8. The molecule has 0 fully saturated rings. The normalized spacial score (nSPS) is 20.1. The fourth-order valence-electron chi connectivity index (χ4n) is 4.43. The SMILES string of the molecule is FC(C(F)(F)F)C(F)(COB(OCC(F)(C(F)C(F)(F)F)C(F)(C(F)(F)F)C(F)(F)F)OCC(F)(C(F)C(F)(F)F)C(F)(C(F)(F)F)C(F)(F)F)C(F)(C(F)(F)F)C(F)(F)F. The summed E-state index contributed by atoms with van der Waals surface area (Å²) in [6.45, 7) is -15.0. The van der Waals surface area contributed by atoms with Gasteiger partial charge in [-0.3, -0.25) is 0 Å². The van der Waals surface area contributed by atoms with Gasteiger partial charge in [0.1, 0.15) is 0 Å². The Hall–Kier alpha value is -2.58. The third-order valence-corrected chi connectivity index (χ3v) is 7.42. The highest BCUT2D eigenvalue weighted by Crippen LogP contribution is 2.61.